The monoisotopic (exact) mass is 744 g/mol. The van der Waals surface area contributed by atoms with Crippen molar-refractivity contribution in [2.24, 2.45) is 0 Å². The average molecular weight is 745 g/mol. The Morgan fingerprint density at radius 2 is 0.655 bits per heavy atom. The second kappa shape index (κ2) is 12.8. The van der Waals surface area contributed by atoms with E-state index in [4.69, 9.17) is 18.2 Å². The van der Waals surface area contributed by atoms with Crippen LogP contribution in [0.4, 0.5) is 17.1 Å². The molecule has 0 aliphatic rings. The predicted molar refractivity (Wildman–Crippen MR) is 237 cm³/mol. The van der Waals surface area contributed by atoms with Gasteiger partial charge in [0.1, 0.15) is 33.5 Å². The average Bonchev–Trinajstić information content (AvgIpc) is 3.97. The molecule has 0 saturated heterocycles. The van der Waals surface area contributed by atoms with Crippen molar-refractivity contribution in [2.45, 2.75) is 0 Å². The highest BCUT2D eigenvalue weighted by Gasteiger charge is 2.16. The molecule has 0 fully saturated rings. The minimum Gasteiger partial charge on any atom is -0.456 e. The Hall–Kier alpha value is -7.89. The molecule has 0 spiro atoms. The summed E-state index contributed by atoms with van der Waals surface area (Å²) in [5.74, 6) is 0. The van der Waals surface area contributed by atoms with Crippen LogP contribution in [-0.4, -0.2) is 4.98 Å². The van der Waals surface area contributed by atoms with Crippen molar-refractivity contribution in [1.82, 2.24) is 4.98 Å². The summed E-state index contributed by atoms with van der Waals surface area (Å²) in [4.78, 5) is 7.13. The van der Waals surface area contributed by atoms with Crippen molar-refractivity contribution in [3.8, 4) is 33.5 Å². The fourth-order valence-corrected chi connectivity index (χ4v) is 8.42. The fraction of sp³-hybridized carbons (Fsp3) is 0. The molecule has 0 amide bonds. The van der Waals surface area contributed by atoms with E-state index in [1.165, 1.54) is 0 Å². The standard InChI is InChI=1S/C53H32N2O3/c1-4-10-48-41(7-1)44-27-19-36(29-51(44)56-48)33-13-21-38(22-14-33)55(39-23-15-34(16-24-39)37-20-28-45-42-8-2-5-11-49(42)57-52(45)30-37)40-25-17-35(18-26-40)47-31-53-46(32-54-47)43-9-3-6-12-50(43)58-53/h1-32H. The predicted octanol–water partition coefficient (Wildman–Crippen LogP) is 15.3. The summed E-state index contributed by atoms with van der Waals surface area (Å²) in [5, 5.41) is 6.60. The number of anilines is 3. The molecular weight excluding hydrogens is 713 g/mol. The summed E-state index contributed by atoms with van der Waals surface area (Å²) >= 11 is 0. The zero-order valence-corrected chi connectivity index (χ0v) is 31.1. The molecule has 0 aliphatic carbocycles. The van der Waals surface area contributed by atoms with Gasteiger partial charge in [-0.25, -0.2) is 0 Å². The number of rotatable bonds is 6. The summed E-state index contributed by atoms with van der Waals surface area (Å²) < 4.78 is 18.6. The Morgan fingerprint density at radius 1 is 0.293 bits per heavy atom. The Kier molecular flexibility index (Phi) is 7.16. The van der Waals surface area contributed by atoms with Gasteiger partial charge in [-0.3, -0.25) is 4.98 Å². The molecule has 0 bridgehead atoms. The van der Waals surface area contributed by atoms with Crippen LogP contribution in [-0.2, 0) is 0 Å². The van der Waals surface area contributed by atoms with Gasteiger partial charge in [-0.15, -0.1) is 0 Å². The smallest absolute Gasteiger partial charge is 0.139 e. The second-order valence-corrected chi connectivity index (χ2v) is 14.8. The summed E-state index contributed by atoms with van der Waals surface area (Å²) in [6.07, 6.45) is 1.91. The van der Waals surface area contributed by atoms with Gasteiger partial charge in [-0.2, -0.15) is 0 Å². The van der Waals surface area contributed by atoms with E-state index in [1.54, 1.807) is 0 Å². The minimum atomic E-state index is 0.830. The topological polar surface area (TPSA) is 55.6 Å². The van der Waals surface area contributed by atoms with E-state index in [1.807, 2.05) is 54.7 Å². The number of pyridine rings is 1. The van der Waals surface area contributed by atoms with Crippen molar-refractivity contribution in [1.29, 1.82) is 0 Å². The molecule has 5 heteroatoms. The SMILES string of the molecule is c1ccc2c(c1)oc1cc(-c3ccc(N(c4ccc(-c5ccc6c(c5)oc5ccccc56)cc4)c4ccc(-c5cc6oc7ccccc7c6cn5)cc4)cc3)ccc12. The zero-order valence-electron chi connectivity index (χ0n) is 31.1. The van der Waals surface area contributed by atoms with Crippen LogP contribution in [0.5, 0.6) is 0 Å². The van der Waals surface area contributed by atoms with Crippen molar-refractivity contribution in [3.05, 3.63) is 194 Å². The third-order valence-corrected chi connectivity index (χ3v) is 11.4. The molecule has 0 atom stereocenters. The van der Waals surface area contributed by atoms with Gasteiger partial charge in [-0.05, 0) is 101 Å². The number of hydrogen-bond acceptors (Lipinski definition) is 5. The first-order chi connectivity index (χ1) is 28.7. The number of benzene rings is 8. The molecule has 8 aromatic carbocycles. The van der Waals surface area contributed by atoms with Crippen LogP contribution in [0, 0.1) is 0 Å². The zero-order chi connectivity index (χ0) is 38.2. The van der Waals surface area contributed by atoms with Crippen molar-refractivity contribution in [2.75, 3.05) is 4.90 Å². The third kappa shape index (κ3) is 5.29. The Bertz CT molecular complexity index is 3130. The molecule has 12 rings (SSSR count). The molecule has 4 heterocycles. The third-order valence-electron chi connectivity index (χ3n) is 11.4. The van der Waals surface area contributed by atoms with E-state index >= 15 is 0 Å². The summed E-state index contributed by atoms with van der Waals surface area (Å²) in [5.41, 5.74) is 14.7. The lowest BCUT2D eigenvalue weighted by Gasteiger charge is -2.26. The summed E-state index contributed by atoms with van der Waals surface area (Å²) in [7, 11) is 0. The lowest BCUT2D eigenvalue weighted by Crippen LogP contribution is -2.09. The maximum atomic E-state index is 6.22. The lowest BCUT2D eigenvalue weighted by molar-refractivity contribution is 0.668. The van der Waals surface area contributed by atoms with Crippen LogP contribution in [0.25, 0.3) is 99.3 Å². The Balaban J connectivity index is 0.911. The first-order valence-electron chi connectivity index (χ1n) is 19.4. The summed E-state index contributed by atoms with van der Waals surface area (Å²) in [6, 6.07) is 65.5. The highest BCUT2D eigenvalue weighted by Crippen LogP contribution is 2.40. The van der Waals surface area contributed by atoms with Crippen LogP contribution < -0.4 is 4.90 Å². The van der Waals surface area contributed by atoms with Gasteiger partial charge in [0.05, 0.1) is 5.69 Å². The Morgan fingerprint density at radius 3 is 1.12 bits per heavy atom. The first kappa shape index (κ1) is 32.4. The van der Waals surface area contributed by atoms with E-state index in [9.17, 15) is 0 Å². The van der Waals surface area contributed by atoms with Gasteiger partial charge in [0.2, 0.25) is 0 Å². The van der Waals surface area contributed by atoms with E-state index < -0.39 is 0 Å². The van der Waals surface area contributed by atoms with Crippen LogP contribution in [0.2, 0.25) is 0 Å². The lowest BCUT2D eigenvalue weighted by atomic mass is 10.0. The van der Waals surface area contributed by atoms with E-state index in [0.717, 1.165) is 116 Å². The number of nitrogens with zero attached hydrogens (tertiary/aromatic N) is 2. The maximum absolute atomic E-state index is 6.22. The van der Waals surface area contributed by atoms with Crippen molar-refractivity contribution >= 4 is 82.9 Å². The fourth-order valence-electron chi connectivity index (χ4n) is 8.42. The van der Waals surface area contributed by atoms with Crippen LogP contribution in [0.3, 0.4) is 0 Å². The number of aromatic nitrogens is 1. The highest BCUT2D eigenvalue weighted by atomic mass is 16.3. The number of fused-ring (bicyclic) bond motifs is 9. The van der Waals surface area contributed by atoms with Gasteiger partial charge in [0, 0.05) is 67.2 Å². The molecule has 5 nitrogen and oxygen atoms in total. The highest BCUT2D eigenvalue weighted by molar-refractivity contribution is 6.07. The van der Waals surface area contributed by atoms with Crippen molar-refractivity contribution in [3.63, 3.8) is 0 Å². The Labute approximate surface area is 332 Å². The van der Waals surface area contributed by atoms with Gasteiger partial charge in [0.15, 0.2) is 0 Å². The number of furan rings is 3. The van der Waals surface area contributed by atoms with E-state index in [2.05, 4.69) is 144 Å². The number of hydrogen-bond donors (Lipinski definition) is 0. The minimum absolute atomic E-state index is 0.830. The van der Waals surface area contributed by atoms with Crippen LogP contribution in [0.1, 0.15) is 0 Å². The largest absolute Gasteiger partial charge is 0.456 e. The molecule has 0 N–H and O–H groups in total. The molecule has 0 saturated carbocycles. The molecule has 4 aromatic heterocycles. The molecule has 272 valence electrons. The molecule has 12 aromatic rings. The number of para-hydroxylation sites is 3. The molecule has 0 unspecified atom stereocenters. The molecular formula is C53H32N2O3. The molecule has 58 heavy (non-hydrogen) atoms. The van der Waals surface area contributed by atoms with Gasteiger partial charge < -0.3 is 18.2 Å². The van der Waals surface area contributed by atoms with Crippen molar-refractivity contribution < 1.29 is 13.3 Å². The van der Waals surface area contributed by atoms with Gasteiger partial charge >= 0.3 is 0 Å². The second-order valence-electron chi connectivity index (χ2n) is 14.8. The molecule has 0 radical (unpaired) electrons. The van der Waals surface area contributed by atoms with E-state index in [-0.39, 0.29) is 0 Å². The van der Waals surface area contributed by atoms with Gasteiger partial charge in [-0.1, -0.05) is 103 Å². The van der Waals surface area contributed by atoms with Crippen LogP contribution >= 0.6 is 0 Å². The van der Waals surface area contributed by atoms with Crippen LogP contribution in [0.15, 0.2) is 208 Å². The van der Waals surface area contributed by atoms with E-state index in [0.29, 0.717) is 0 Å². The summed E-state index contributed by atoms with van der Waals surface area (Å²) in [6.45, 7) is 0. The quantitative estimate of drug-likeness (QED) is 0.170. The normalized spacial score (nSPS) is 11.8. The first-order valence-corrected chi connectivity index (χ1v) is 19.4. The molecule has 0 aliphatic heterocycles. The maximum Gasteiger partial charge on any atom is 0.139 e. The van der Waals surface area contributed by atoms with Gasteiger partial charge in [0.25, 0.3) is 0 Å².